The van der Waals surface area contributed by atoms with Crippen molar-refractivity contribution < 1.29 is 8.78 Å². The predicted octanol–water partition coefficient (Wildman–Crippen LogP) is 1.51. The minimum atomic E-state index is -2.47. The SMILES string of the molecule is C=C(/C=N\C)C(F)F. The molecule has 0 unspecified atom stereocenters. The highest BCUT2D eigenvalue weighted by Crippen LogP contribution is 2.01. The molecule has 0 saturated heterocycles. The summed E-state index contributed by atoms with van der Waals surface area (Å²) >= 11 is 0. The zero-order valence-corrected chi connectivity index (χ0v) is 4.56. The van der Waals surface area contributed by atoms with Gasteiger partial charge in [-0.25, -0.2) is 8.78 Å². The second kappa shape index (κ2) is 3.29. The minimum absolute atomic E-state index is 0.243. The van der Waals surface area contributed by atoms with Gasteiger partial charge in [0.1, 0.15) is 0 Å². The van der Waals surface area contributed by atoms with Crippen molar-refractivity contribution in [1.82, 2.24) is 0 Å². The van der Waals surface area contributed by atoms with Crippen LogP contribution in [0, 0.1) is 0 Å². The van der Waals surface area contributed by atoms with Gasteiger partial charge in [0, 0.05) is 18.8 Å². The Morgan fingerprint density at radius 2 is 2.25 bits per heavy atom. The van der Waals surface area contributed by atoms with Gasteiger partial charge in [0.2, 0.25) is 0 Å². The summed E-state index contributed by atoms with van der Waals surface area (Å²) in [6.07, 6.45) is -1.43. The fraction of sp³-hybridized carbons (Fsp3) is 0.400. The molecule has 0 aliphatic carbocycles. The maximum atomic E-state index is 11.4. The lowest BCUT2D eigenvalue weighted by molar-refractivity contribution is 0.198. The lowest BCUT2D eigenvalue weighted by Crippen LogP contribution is -1.94. The van der Waals surface area contributed by atoms with Gasteiger partial charge in [0.05, 0.1) is 0 Å². The number of allylic oxidation sites excluding steroid dienone is 1. The number of nitrogens with zero attached hydrogens (tertiary/aromatic N) is 1. The second-order valence-electron chi connectivity index (χ2n) is 1.26. The summed E-state index contributed by atoms with van der Waals surface area (Å²) in [5.41, 5.74) is -0.243. The molecule has 0 fully saturated rings. The Balaban J connectivity index is 3.66. The first kappa shape index (κ1) is 7.27. The van der Waals surface area contributed by atoms with Crippen molar-refractivity contribution in [3.63, 3.8) is 0 Å². The summed E-state index contributed by atoms with van der Waals surface area (Å²) < 4.78 is 22.8. The molecule has 46 valence electrons. The van der Waals surface area contributed by atoms with Crippen LogP contribution in [0.2, 0.25) is 0 Å². The summed E-state index contributed by atoms with van der Waals surface area (Å²) in [5, 5.41) is 0. The molecule has 0 amide bonds. The predicted molar refractivity (Wildman–Crippen MR) is 29.6 cm³/mol. The number of aliphatic imine (C=N–C) groups is 1. The Bertz CT molecular complexity index is 107. The third-order valence-corrected chi connectivity index (χ3v) is 0.575. The van der Waals surface area contributed by atoms with E-state index in [1.165, 1.54) is 7.05 Å². The summed E-state index contributed by atoms with van der Waals surface area (Å²) in [4.78, 5) is 3.35. The van der Waals surface area contributed by atoms with Crippen LogP contribution in [0.1, 0.15) is 0 Å². The first-order valence-electron chi connectivity index (χ1n) is 2.07. The Morgan fingerprint density at radius 1 is 1.75 bits per heavy atom. The van der Waals surface area contributed by atoms with Crippen molar-refractivity contribution in [3.05, 3.63) is 12.2 Å². The van der Waals surface area contributed by atoms with Crippen molar-refractivity contribution in [2.75, 3.05) is 7.05 Å². The molecule has 0 atom stereocenters. The second-order valence-corrected chi connectivity index (χ2v) is 1.26. The summed E-state index contributed by atoms with van der Waals surface area (Å²) in [6.45, 7) is 3.04. The van der Waals surface area contributed by atoms with Gasteiger partial charge in [0.15, 0.2) is 0 Å². The van der Waals surface area contributed by atoms with Gasteiger partial charge in [0.25, 0.3) is 6.43 Å². The van der Waals surface area contributed by atoms with Crippen molar-refractivity contribution in [2.24, 2.45) is 4.99 Å². The van der Waals surface area contributed by atoms with E-state index in [1.807, 2.05) is 0 Å². The van der Waals surface area contributed by atoms with Crippen LogP contribution in [-0.4, -0.2) is 19.7 Å². The molecule has 0 bridgehead atoms. The monoisotopic (exact) mass is 119 g/mol. The molecular formula is C5H7F2N. The van der Waals surface area contributed by atoms with Gasteiger partial charge in [-0.15, -0.1) is 0 Å². The van der Waals surface area contributed by atoms with Crippen LogP contribution in [0.4, 0.5) is 8.78 Å². The molecule has 1 nitrogen and oxygen atoms in total. The Hall–Kier alpha value is -0.730. The normalized spacial score (nSPS) is 11.0. The number of alkyl halides is 2. The zero-order valence-electron chi connectivity index (χ0n) is 4.56. The molecule has 0 saturated carbocycles. The highest BCUT2D eigenvalue weighted by atomic mass is 19.3. The van der Waals surface area contributed by atoms with E-state index >= 15 is 0 Å². The molecule has 0 heterocycles. The van der Waals surface area contributed by atoms with Crippen molar-refractivity contribution in [3.8, 4) is 0 Å². The number of halogens is 2. The van der Waals surface area contributed by atoms with E-state index in [9.17, 15) is 8.78 Å². The van der Waals surface area contributed by atoms with Crippen LogP contribution >= 0.6 is 0 Å². The van der Waals surface area contributed by atoms with Gasteiger partial charge in [-0.05, 0) is 0 Å². The van der Waals surface area contributed by atoms with Gasteiger partial charge >= 0.3 is 0 Å². The summed E-state index contributed by atoms with van der Waals surface area (Å²) in [5.74, 6) is 0. The van der Waals surface area contributed by atoms with Crippen LogP contribution in [0.5, 0.6) is 0 Å². The van der Waals surface area contributed by atoms with E-state index in [-0.39, 0.29) is 5.57 Å². The fourth-order valence-electron chi connectivity index (χ4n) is 0.222. The quantitative estimate of drug-likeness (QED) is 0.488. The highest BCUT2D eigenvalue weighted by molar-refractivity contribution is 5.78. The Morgan fingerprint density at radius 3 is 2.38 bits per heavy atom. The molecule has 0 N–H and O–H groups in total. The zero-order chi connectivity index (χ0) is 6.57. The Kier molecular flexibility index (Phi) is 2.99. The largest absolute Gasteiger partial charge is 0.296 e. The first-order chi connectivity index (χ1) is 3.68. The topological polar surface area (TPSA) is 12.4 Å². The maximum absolute atomic E-state index is 11.4. The molecule has 3 heteroatoms. The third-order valence-electron chi connectivity index (χ3n) is 0.575. The number of rotatable bonds is 2. The van der Waals surface area contributed by atoms with Crippen molar-refractivity contribution >= 4 is 6.21 Å². The van der Waals surface area contributed by atoms with E-state index < -0.39 is 6.43 Å². The van der Waals surface area contributed by atoms with Gasteiger partial charge in [-0.3, -0.25) is 4.99 Å². The van der Waals surface area contributed by atoms with Gasteiger partial charge < -0.3 is 0 Å². The first-order valence-corrected chi connectivity index (χ1v) is 2.07. The van der Waals surface area contributed by atoms with E-state index in [4.69, 9.17) is 0 Å². The molecule has 0 aliphatic rings. The summed E-state index contributed by atoms with van der Waals surface area (Å²) in [6, 6.07) is 0. The fourth-order valence-corrected chi connectivity index (χ4v) is 0.222. The molecule has 0 radical (unpaired) electrons. The maximum Gasteiger partial charge on any atom is 0.264 e. The van der Waals surface area contributed by atoms with Crippen LogP contribution in [0.25, 0.3) is 0 Å². The third kappa shape index (κ3) is 2.44. The molecule has 0 aliphatic heterocycles. The van der Waals surface area contributed by atoms with Crippen molar-refractivity contribution in [1.29, 1.82) is 0 Å². The lowest BCUT2D eigenvalue weighted by atomic mass is 10.3. The van der Waals surface area contributed by atoms with Gasteiger partial charge in [-0.1, -0.05) is 6.58 Å². The minimum Gasteiger partial charge on any atom is -0.296 e. The molecule has 0 rings (SSSR count). The van der Waals surface area contributed by atoms with Gasteiger partial charge in [-0.2, -0.15) is 0 Å². The molecule has 0 aromatic heterocycles. The number of hydrogen-bond acceptors (Lipinski definition) is 1. The molecule has 0 aromatic rings. The van der Waals surface area contributed by atoms with Crippen LogP contribution in [-0.2, 0) is 0 Å². The molecule has 8 heavy (non-hydrogen) atoms. The van der Waals surface area contributed by atoms with Crippen LogP contribution in [0.3, 0.4) is 0 Å². The highest BCUT2D eigenvalue weighted by Gasteiger charge is 2.02. The summed E-state index contributed by atoms with van der Waals surface area (Å²) in [7, 11) is 1.42. The lowest BCUT2D eigenvalue weighted by Gasteiger charge is -1.91. The average molecular weight is 119 g/mol. The van der Waals surface area contributed by atoms with Crippen LogP contribution in [0.15, 0.2) is 17.1 Å². The average Bonchev–Trinajstić information content (AvgIpc) is 1.67. The van der Waals surface area contributed by atoms with E-state index in [1.54, 1.807) is 0 Å². The Labute approximate surface area is 46.7 Å². The van der Waals surface area contributed by atoms with E-state index in [0.717, 1.165) is 6.21 Å². The molecular weight excluding hydrogens is 112 g/mol. The molecule has 0 spiro atoms. The van der Waals surface area contributed by atoms with E-state index in [2.05, 4.69) is 11.6 Å². The van der Waals surface area contributed by atoms with E-state index in [0.29, 0.717) is 0 Å². The van der Waals surface area contributed by atoms with Crippen molar-refractivity contribution in [2.45, 2.75) is 6.43 Å². The smallest absolute Gasteiger partial charge is 0.264 e. The standard InChI is InChI=1S/C5H7F2N/c1-4(3-8-2)5(6)7/h3,5H,1H2,2H3/b8-3-. The van der Waals surface area contributed by atoms with Crippen LogP contribution < -0.4 is 0 Å². The number of hydrogen-bond donors (Lipinski definition) is 0. The molecule has 0 aromatic carbocycles.